The van der Waals surface area contributed by atoms with Crippen LogP contribution in [0.1, 0.15) is 32.6 Å². The van der Waals surface area contributed by atoms with Crippen molar-refractivity contribution in [3.05, 3.63) is 0 Å². The Labute approximate surface area is 95.2 Å². The fourth-order valence-electron chi connectivity index (χ4n) is 1.69. The van der Waals surface area contributed by atoms with Gasteiger partial charge >= 0.3 is 5.97 Å². The molecule has 16 heavy (non-hydrogen) atoms. The number of hydrogen-bond acceptors (Lipinski definition) is 3. The van der Waals surface area contributed by atoms with Gasteiger partial charge in [-0.05, 0) is 25.7 Å². The summed E-state index contributed by atoms with van der Waals surface area (Å²) in [7, 11) is 1.60. The predicted molar refractivity (Wildman–Crippen MR) is 58.0 cm³/mol. The highest BCUT2D eigenvalue weighted by Crippen LogP contribution is 2.49. The third-order valence-corrected chi connectivity index (χ3v) is 3.13. The highest BCUT2D eigenvalue weighted by molar-refractivity contribution is 5.89. The molecule has 1 fully saturated rings. The molecule has 1 atom stereocenters. The number of ether oxygens (including phenoxy) is 1. The van der Waals surface area contributed by atoms with Crippen molar-refractivity contribution >= 4 is 11.9 Å². The Morgan fingerprint density at radius 2 is 2.12 bits per heavy atom. The summed E-state index contributed by atoms with van der Waals surface area (Å²) in [5, 5.41) is 11.4. The van der Waals surface area contributed by atoms with E-state index in [4.69, 9.17) is 9.84 Å². The van der Waals surface area contributed by atoms with Crippen LogP contribution in [-0.2, 0) is 14.3 Å². The summed E-state index contributed by atoms with van der Waals surface area (Å²) in [5.74, 6) is -1.11. The maximum atomic E-state index is 11.9. The lowest BCUT2D eigenvalue weighted by atomic mass is 10.0. The maximum Gasteiger partial charge on any atom is 0.326 e. The van der Waals surface area contributed by atoms with Gasteiger partial charge in [0.15, 0.2) is 0 Å². The van der Waals surface area contributed by atoms with Crippen molar-refractivity contribution in [1.29, 1.82) is 0 Å². The molecule has 5 nitrogen and oxygen atoms in total. The van der Waals surface area contributed by atoms with Crippen LogP contribution in [0, 0.1) is 5.41 Å². The second-order valence-corrected chi connectivity index (χ2v) is 4.30. The van der Waals surface area contributed by atoms with Gasteiger partial charge < -0.3 is 15.2 Å². The number of carboxylic acid groups (broad SMARTS) is 1. The van der Waals surface area contributed by atoms with Gasteiger partial charge in [0.05, 0.1) is 5.41 Å². The molecule has 0 aromatic rings. The van der Waals surface area contributed by atoms with E-state index in [2.05, 4.69) is 5.32 Å². The van der Waals surface area contributed by atoms with Crippen molar-refractivity contribution in [2.24, 2.45) is 5.41 Å². The van der Waals surface area contributed by atoms with Crippen LogP contribution in [0.2, 0.25) is 0 Å². The Bertz CT molecular complexity index is 273. The number of aliphatic carboxylic acids is 1. The van der Waals surface area contributed by atoms with E-state index in [-0.39, 0.29) is 11.3 Å². The van der Waals surface area contributed by atoms with Crippen molar-refractivity contribution in [3.63, 3.8) is 0 Å². The lowest BCUT2D eigenvalue weighted by Gasteiger charge is -2.18. The molecule has 5 heteroatoms. The average Bonchev–Trinajstić information content (AvgIpc) is 3.03. The molecule has 1 aliphatic rings. The van der Waals surface area contributed by atoms with Crippen LogP contribution in [0.5, 0.6) is 0 Å². The molecule has 0 heterocycles. The molecule has 0 saturated heterocycles. The van der Waals surface area contributed by atoms with Gasteiger partial charge in [-0.25, -0.2) is 4.79 Å². The van der Waals surface area contributed by atoms with Crippen LogP contribution in [0.15, 0.2) is 0 Å². The first-order chi connectivity index (χ1) is 7.55. The summed E-state index contributed by atoms with van der Waals surface area (Å²) in [6, 6.07) is -0.771. The Morgan fingerprint density at radius 3 is 2.50 bits per heavy atom. The maximum absolute atomic E-state index is 11.9. The molecule has 0 spiro atoms. The van der Waals surface area contributed by atoms with Gasteiger partial charge in [-0.15, -0.1) is 0 Å². The molecule has 0 aliphatic heterocycles. The van der Waals surface area contributed by atoms with Gasteiger partial charge in [0.25, 0.3) is 0 Å². The molecule has 1 aliphatic carbocycles. The zero-order chi connectivity index (χ0) is 12.2. The minimum Gasteiger partial charge on any atom is -0.480 e. The fourth-order valence-corrected chi connectivity index (χ4v) is 1.69. The van der Waals surface area contributed by atoms with E-state index in [0.29, 0.717) is 19.4 Å². The second kappa shape index (κ2) is 5.30. The van der Waals surface area contributed by atoms with E-state index in [0.717, 1.165) is 12.8 Å². The minimum absolute atomic E-state index is 0.140. The number of carboxylic acids is 1. The largest absolute Gasteiger partial charge is 0.480 e. The lowest BCUT2D eigenvalue weighted by molar-refractivity contribution is -0.143. The summed E-state index contributed by atoms with van der Waals surface area (Å²) in [6.45, 7) is 2.28. The lowest BCUT2D eigenvalue weighted by Crippen LogP contribution is -2.44. The number of amides is 1. The normalized spacial score (nSPS) is 18.9. The molecule has 1 saturated carbocycles. The molecule has 92 valence electrons. The number of methoxy groups -OCH3 is 1. The van der Waals surface area contributed by atoms with Crippen molar-refractivity contribution in [3.8, 4) is 0 Å². The van der Waals surface area contributed by atoms with E-state index >= 15 is 0 Å². The van der Waals surface area contributed by atoms with Crippen molar-refractivity contribution in [2.75, 3.05) is 13.7 Å². The molecule has 0 aromatic heterocycles. The van der Waals surface area contributed by atoms with E-state index < -0.39 is 12.0 Å². The van der Waals surface area contributed by atoms with Crippen molar-refractivity contribution in [1.82, 2.24) is 5.32 Å². The zero-order valence-corrected chi connectivity index (χ0v) is 9.78. The summed E-state index contributed by atoms with van der Waals surface area (Å²) in [6.07, 6.45) is 2.74. The van der Waals surface area contributed by atoms with Crippen molar-refractivity contribution in [2.45, 2.75) is 38.6 Å². The molecular weight excluding hydrogens is 210 g/mol. The second-order valence-electron chi connectivity index (χ2n) is 4.30. The van der Waals surface area contributed by atoms with Gasteiger partial charge in [0.1, 0.15) is 6.04 Å². The van der Waals surface area contributed by atoms with E-state index in [9.17, 15) is 9.59 Å². The van der Waals surface area contributed by atoms with Crippen molar-refractivity contribution < 1.29 is 19.4 Å². The van der Waals surface area contributed by atoms with E-state index in [1.807, 2.05) is 0 Å². The molecule has 1 unspecified atom stereocenters. The van der Waals surface area contributed by atoms with Crippen LogP contribution in [-0.4, -0.2) is 36.7 Å². The van der Waals surface area contributed by atoms with Crippen LogP contribution < -0.4 is 5.32 Å². The SMILES string of the molecule is CCC(NC(=O)C1(CCOC)CC1)C(=O)O. The first kappa shape index (κ1) is 13.0. The average molecular weight is 229 g/mol. The molecule has 1 rings (SSSR count). The summed E-state index contributed by atoms with van der Waals surface area (Å²) in [5.41, 5.74) is -0.362. The van der Waals surface area contributed by atoms with Crippen LogP contribution in [0.4, 0.5) is 0 Å². The predicted octanol–water partition coefficient (Wildman–Crippen LogP) is 0.782. The number of hydrogen-bond donors (Lipinski definition) is 2. The van der Waals surface area contributed by atoms with Crippen LogP contribution in [0.25, 0.3) is 0 Å². The summed E-state index contributed by atoms with van der Waals surface area (Å²) >= 11 is 0. The number of carbonyl (C=O) groups excluding carboxylic acids is 1. The number of nitrogens with one attached hydrogen (secondary N) is 1. The van der Waals surface area contributed by atoms with Crippen LogP contribution >= 0.6 is 0 Å². The quantitative estimate of drug-likeness (QED) is 0.676. The van der Waals surface area contributed by atoms with E-state index in [1.54, 1.807) is 14.0 Å². The third kappa shape index (κ3) is 2.95. The Kier molecular flexibility index (Phi) is 4.29. The first-order valence-electron chi connectivity index (χ1n) is 5.58. The Hall–Kier alpha value is -1.10. The van der Waals surface area contributed by atoms with Gasteiger partial charge in [-0.1, -0.05) is 6.92 Å². The summed E-state index contributed by atoms with van der Waals surface area (Å²) in [4.78, 5) is 22.7. The third-order valence-electron chi connectivity index (χ3n) is 3.13. The molecule has 0 radical (unpaired) electrons. The van der Waals surface area contributed by atoms with Gasteiger partial charge in [0.2, 0.25) is 5.91 Å². The Morgan fingerprint density at radius 1 is 1.50 bits per heavy atom. The van der Waals surface area contributed by atoms with Gasteiger partial charge in [-0.3, -0.25) is 4.79 Å². The Balaban J connectivity index is 2.48. The van der Waals surface area contributed by atoms with Crippen LogP contribution in [0.3, 0.4) is 0 Å². The molecule has 0 bridgehead atoms. The minimum atomic E-state index is -0.974. The topological polar surface area (TPSA) is 75.6 Å². The fraction of sp³-hybridized carbons (Fsp3) is 0.818. The highest BCUT2D eigenvalue weighted by Gasteiger charge is 2.49. The number of carbonyl (C=O) groups is 2. The van der Waals surface area contributed by atoms with Gasteiger partial charge in [-0.2, -0.15) is 0 Å². The molecule has 1 amide bonds. The van der Waals surface area contributed by atoms with E-state index in [1.165, 1.54) is 0 Å². The smallest absolute Gasteiger partial charge is 0.326 e. The first-order valence-corrected chi connectivity index (χ1v) is 5.58. The molecule has 2 N–H and O–H groups in total. The van der Waals surface area contributed by atoms with Gasteiger partial charge in [0, 0.05) is 13.7 Å². The number of rotatable bonds is 7. The zero-order valence-electron chi connectivity index (χ0n) is 9.78. The molecule has 0 aromatic carbocycles. The standard InChI is InChI=1S/C11H19NO4/c1-3-8(9(13)14)12-10(15)11(4-5-11)6-7-16-2/h8H,3-7H2,1-2H3,(H,12,15)(H,13,14). The monoisotopic (exact) mass is 229 g/mol. The highest BCUT2D eigenvalue weighted by atomic mass is 16.5. The molecular formula is C11H19NO4. The summed E-state index contributed by atoms with van der Waals surface area (Å²) < 4.78 is 4.95.